The highest BCUT2D eigenvalue weighted by Crippen LogP contribution is 1.91. The van der Waals surface area contributed by atoms with Gasteiger partial charge in [0.1, 0.15) is 0 Å². The molecule has 10 heavy (non-hydrogen) atoms. The molecule has 0 fully saturated rings. The molecule has 0 radical (unpaired) electrons. The predicted molar refractivity (Wildman–Crippen MR) is 47.7 cm³/mol. The third kappa shape index (κ3) is 3.63. The van der Waals surface area contributed by atoms with E-state index in [1.807, 2.05) is 0 Å². The lowest BCUT2D eigenvalue weighted by Gasteiger charge is -2.03. The average Bonchev–Trinajstić information content (AvgIpc) is 1.99. The number of nitrogens with one attached hydrogen (secondary N) is 2. The van der Waals surface area contributed by atoms with Crippen molar-refractivity contribution in [1.29, 1.82) is 5.41 Å². The van der Waals surface area contributed by atoms with Crippen LogP contribution < -0.4 is 11.1 Å². The Labute approximate surface area is 69.3 Å². The highest BCUT2D eigenvalue weighted by atomic mass is 79.9. The Morgan fingerprint density at radius 1 is 1.90 bits per heavy atom. The molecule has 0 bridgehead atoms. The standard InChI is InChI=1S/C6H12BrN3/c1-10-6(4-8)2-5(9)3-7/h2,4-5,8,10H,3,9H2,1H3/b6-2-,8-4?. The normalized spacial score (nSPS) is 14.5. The summed E-state index contributed by atoms with van der Waals surface area (Å²) in [6.07, 6.45) is 3.03. The van der Waals surface area contributed by atoms with Gasteiger partial charge in [-0.2, -0.15) is 0 Å². The third-order valence-electron chi connectivity index (χ3n) is 1.02. The minimum Gasteiger partial charge on any atom is -0.387 e. The van der Waals surface area contributed by atoms with Crippen molar-refractivity contribution in [3.8, 4) is 0 Å². The van der Waals surface area contributed by atoms with Crippen LogP contribution in [0.15, 0.2) is 11.8 Å². The van der Waals surface area contributed by atoms with Gasteiger partial charge in [0.05, 0.1) is 0 Å². The quantitative estimate of drug-likeness (QED) is 0.462. The summed E-state index contributed by atoms with van der Waals surface area (Å²) in [4.78, 5) is 0. The first-order chi connectivity index (χ1) is 4.74. The van der Waals surface area contributed by atoms with Crippen molar-refractivity contribution in [2.75, 3.05) is 12.4 Å². The molecule has 0 aliphatic carbocycles. The fourth-order valence-electron chi connectivity index (χ4n) is 0.479. The summed E-state index contributed by atoms with van der Waals surface area (Å²) < 4.78 is 0. The van der Waals surface area contributed by atoms with E-state index in [9.17, 15) is 0 Å². The van der Waals surface area contributed by atoms with Gasteiger partial charge < -0.3 is 16.5 Å². The molecule has 0 aromatic rings. The van der Waals surface area contributed by atoms with Crippen molar-refractivity contribution >= 4 is 22.1 Å². The summed E-state index contributed by atoms with van der Waals surface area (Å²) in [5, 5.41) is 10.5. The minimum absolute atomic E-state index is 0.0240. The topological polar surface area (TPSA) is 61.9 Å². The van der Waals surface area contributed by atoms with Gasteiger partial charge in [0.2, 0.25) is 0 Å². The fraction of sp³-hybridized carbons (Fsp3) is 0.500. The van der Waals surface area contributed by atoms with Crippen LogP contribution in [0.3, 0.4) is 0 Å². The van der Waals surface area contributed by atoms with Crippen molar-refractivity contribution in [1.82, 2.24) is 5.32 Å². The van der Waals surface area contributed by atoms with E-state index >= 15 is 0 Å². The van der Waals surface area contributed by atoms with Gasteiger partial charge in [-0.3, -0.25) is 0 Å². The molecule has 0 saturated carbocycles. The van der Waals surface area contributed by atoms with Gasteiger partial charge in [-0.05, 0) is 6.08 Å². The number of alkyl halides is 1. The molecule has 0 aliphatic rings. The maximum atomic E-state index is 6.90. The van der Waals surface area contributed by atoms with Gasteiger partial charge in [0.25, 0.3) is 0 Å². The van der Waals surface area contributed by atoms with E-state index in [0.717, 1.165) is 5.70 Å². The summed E-state index contributed by atoms with van der Waals surface area (Å²) in [7, 11) is 1.76. The molecular weight excluding hydrogens is 194 g/mol. The molecule has 0 aliphatic heterocycles. The Kier molecular flexibility index (Phi) is 5.25. The fourth-order valence-corrected chi connectivity index (χ4v) is 0.666. The Morgan fingerprint density at radius 3 is 2.80 bits per heavy atom. The lowest BCUT2D eigenvalue weighted by Crippen LogP contribution is -2.21. The molecule has 1 atom stereocenters. The van der Waals surface area contributed by atoms with Gasteiger partial charge in [0, 0.05) is 30.3 Å². The maximum absolute atomic E-state index is 6.90. The monoisotopic (exact) mass is 205 g/mol. The number of allylic oxidation sites excluding steroid dienone is 1. The number of halogens is 1. The van der Waals surface area contributed by atoms with E-state index in [1.54, 1.807) is 13.1 Å². The molecule has 58 valence electrons. The van der Waals surface area contributed by atoms with E-state index in [0.29, 0.717) is 5.33 Å². The van der Waals surface area contributed by atoms with Gasteiger partial charge in [-0.1, -0.05) is 15.9 Å². The maximum Gasteiger partial charge on any atom is 0.0491 e. The van der Waals surface area contributed by atoms with E-state index in [-0.39, 0.29) is 6.04 Å². The SMILES string of the molecule is CN/C(C=N)=C\C(N)CBr. The van der Waals surface area contributed by atoms with Crippen LogP contribution in [-0.2, 0) is 0 Å². The molecule has 3 nitrogen and oxygen atoms in total. The van der Waals surface area contributed by atoms with Crippen LogP contribution in [-0.4, -0.2) is 24.6 Å². The summed E-state index contributed by atoms with van der Waals surface area (Å²) in [6.45, 7) is 0. The summed E-state index contributed by atoms with van der Waals surface area (Å²) in [5.74, 6) is 0. The molecule has 4 heteroatoms. The minimum atomic E-state index is -0.0240. The highest BCUT2D eigenvalue weighted by Gasteiger charge is 1.95. The molecule has 4 N–H and O–H groups in total. The molecule has 0 aromatic carbocycles. The molecule has 0 rings (SSSR count). The third-order valence-corrected chi connectivity index (χ3v) is 1.76. The van der Waals surface area contributed by atoms with Crippen molar-refractivity contribution in [3.05, 3.63) is 11.8 Å². The van der Waals surface area contributed by atoms with Crippen LogP contribution in [0.5, 0.6) is 0 Å². The molecule has 0 saturated heterocycles. The second kappa shape index (κ2) is 5.44. The molecule has 1 unspecified atom stereocenters. The van der Waals surface area contributed by atoms with Crippen LogP contribution in [0.4, 0.5) is 0 Å². The molecule has 0 aromatic heterocycles. The Hall–Kier alpha value is -0.350. The highest BCUT2D eigenvalue weighted by molar-refractivity contribution is 9.09. The van der Waals surface area contributed by atoms with Gasteiger partial charge in [-0.25, -0.2) is 0 Å². The largest absolute Gasteiger partial charge is 0.387 e. The first-order valence-electron chi connectivity index (χ1n) is 2.96. The van der Waals surface area contributed by atoms with Gasteiger partial charge in [-0.15, -0.1) is 0 Å². The smallest absolute Gasteiger partial charge is 0.0491 e. The summed E-state index contributed by atoms with van der Waals surface area (Å²) in [6, 6.07) is -0.0240. The first-order valence-corrected chi connectivity index (χ1v) is 4.08. The van der Waals surface area contributed by atoms with Crippen molar-refractivity contribution in [3.63, 3.8) is 0 Å². The zero-order valence-electron chi connectivity index (χ0n) is 5.89. The van der Waals surface area contributed by atoms with E-state index < -0.39 is 0 Å². The zero-order chi connectivity index (χ0) is 7.98. The number of hydrogen-bond acceptors (Lipinski definition) is 3. The van der Waals surface area contributed by atoms with E-state index in [4.69, 9.17) is 11.1 Å². The second-order valence-corrected chi connectivity index (χ2v) is 2.48. The van der Waals surface area contributed by atoms with E-state index in [2.05, 4.69) is 21.2 Å². The summed E-state index contributed by atoms with van der Waals surface area (Å²) >= 11 is 3.23. The first kappa shape index (κ1) is 9.65. The molecular formula is C6H12BrN3. The van der Waals surface area contributed by atoms with Crippen LogP contribution in [0.25, 0.3) is 0 Å². The van der Waals surface area contributed by atoms with Crippen molar-refractivity contribution < 1.29 is 0 Å². The Balaban J connectivity index is 3.95. The average molecular weight is 206 g/mol. The van der Waals surface area contributed by atoms with Crippen LogP contribution in [0.2, 0.25) is 0 Å². The Morgan fingerprint density at radius 2 is 2.50 bits per heavy atom. The lowest BCUT2D eigenvalue weighted by molar-refractivity contribution is 0.917. The van der Waals surface area contributed by atoms with Gasteiger partial charge >= 0.3 is 0 Å². The lowest BCUT2D eigenvalue weighted by atomic mass is 10.3. The van der Waals surface area contributed by atoms with Crippen molar-refractivity contribution in [2.24, 2.45) is 5.73 Å². The molecule has 0 heterocycles. The van der Waals surface area contributed by atoms with Crippen LogP contribution >= 0.6 is 15.9 Å². The second-order valence-electron chi connectivity index (χ2n) is 1.83. The van der Waals surface area contributed by atoms with Crippen LogP contribution in [0.1, 0.15) is 0 Å². The zero-order valence-corrected chi connectivity index (χ0v) is 7.48. The van der Waals surface area contributed by atoms with Crippen molar-refractivity contribution in [2.45, 2.75) is 6.04 Å². The van der Waals surface area contributed by atoms with Gasteiger partial charge in [0.15, 0.2) is 0 Å². The number of rotatable bonds is 4. The van der Waals surface area contributed by atoms with Crippen LogP contribution in [0, 0.1) is 5.41 Å². The predicted octanol–water partition coefficient (Wildman–Crippen LogP) is 0.461. The summed E-state index contributed by atoms with van der Waals surface area (Å²) in [5.41, 5.74) is 6.30. The molecule has 0 amide bonds. The molecule has 0 spiro atoms. The van der Waals surface area contributed by atoms with E-state index in [1.165, 1.54) is 6.21 Å². The number of nitrogens with two attached hydrogens (primary N) is 1. The Bertz CT molecular complexity index is 133. The number of hydrogen-bond donors (Lipinski definition) is 3.